The highest BCUT2D eigenvalue weighted by Crippen LogP contribution is 2.40. The van der Waals surface area contributed by atoms with E-state index in [0.717, 1.165) is 22.3 Å². The van der Waals surface area contributed by atoms with E-state index in [-0.39, 0.29) is 0 Å². The molecule has 1 aromatic heterocycles. The molecule has 4 aromatic rings. The van der Waals surface area contributed by atoms with Crippen molar-refractivity contribution in [1.82, 2.24) is 4.98 Å². The van der Waals surface area contributed by atoms with Gasteiger partial charge in [-0.1, -0.05) is 72.3 Å². The maximum atomic E-state index is 6.22. The van der Waals surface area contributed by atoms with E-state index in [1.165, 1.54) is 10.9 Å². The van der Waals surface area contributed by atoms with Crippen LogP contribution in [0.25, 0.3) is 10.9 Å². The number of ether oxygens (including phenoxy) is 1. The molecule has 0 spiro atoms. The second kappa shape index (κ2) is 6.23. The van der Waals surface area contributed by atoms with Gasteiger partial charge in [0.15, 0.2) is 5.60 Å². The number of aryl methyl sites for hydroxylation is 1. The normalized spacial score (nSPS) is 11.8. The molecular formula is C23H21NO. The van der Waals surface area contributed by atoms with Crippen LogP contribution in [0.3, 0.4) is 0 Å². The van der Waals surface area contributed by atoms with Gasteiger partial charge >= 0.3 is 0 Å². The van der Waals surface area contributed by atoms with Gasteiger partial charge in [-0.3, -0.25) is 0 Å². The highest BCUT2D eigenvalue weighted by atomic mass is 16.5. The van der Waals surface area contributed by atoms with Crippen molar-refractivity contribution >= 4 is 10.9 Å². The summed E-state index contributed by atoms with van der Waals surface area (Å²) in [7, 11) is 1.77. The van der Waals surface area contributed by atoms with E-state index in [0.29, 0.717) is 0 Å². The van der Waals surface area contributed by atoms with E-state index in [4.69, 9.17) is 4.74 Å². The summed E-state index contributed by atoms with van der Waals surface area (Å²) in [4.78, 5) is 3.59. The number of rotatable bonds is 4. The summed E-state index contributed by atoms with van der Waals surface area (Å²) in [5.41, 5.74) is 4.94. The van der Waals surface area contributed by atoms with Crippen LogP contribution in [0, 0.1) is 6.92 Å². The molecule has 124 valence electrons. The number of methoxy groups -OCH3 is 1. The van der Waals surface area contributed by atoms with Crippen molar-refractivity contribution in [2.45, 2.75) is 12.5 Å². The highest BCUT2D eigenvalue weighted by molar-refractivity contribution is 5.82. The Morgan fingerprint density at radius 1 is 0.760 bits per heavy atom. The Labute approximate surface area is 148 Å². The Balaban J connectivity index is 2.02. The van der Waals surface area contributed by atoms with E-state index < -0.39 is 5.60 Å². The van der Waals surface area contributed by atoms with Crippen molar-refractivity contribution in [1.29, 1.82) is 0 Å². The minimum Gasteiger partial charge on any atom is -0.363 e. The Kier molecular flexibility index (Phi) is 3.90. The minimum atomic E-state index is -0.671. The molecule has 2 nitrogen and oxygen atoms in total. The number of hydrogen-bond acceptors (Lipinski definition) is 1. The van der Waals surface area contributed by atoms with Gasteiger partial charge in [-0.2, -0.15) is 0 Å². The van der Waals surface area contributed by atoms with Crippen LogP contribution in [-0.4, -0.2) is 12.1 Å². The number of H-pyrrole nitrogens is 1. The van der Waals surface area contributed by atoms with Crippen molar-refractivity contribution < 1.29 is 4.74 Å². The van der Waals surface area contributed by atoms with Gasteiger partial charge in [-0.15, -0.1) is 0 Å². The van der Waals surface area contributed by atoms with Crippen molar-refractivity contribution in [2.24, 2.45) is 0 Å². The van der Waals surface area contributed by atoms with Crippen LogP contribution in [0.4, 0.5) is 0 Å². The molecule has 4 rings (SSSR count). The molecule has 0 saturated heterocycles. The predicted octanol–water partition coefficient (Wildman–Crippen LogP) is 5.41. The lowest BCUT2D eigenvalue weighted by atomic mass is 9.83. The summed E-state index contributed by atoms with van der Waals surface area (Å²) in [6.45, 7) is 2.12. The molecule has 0 unspecified atom stereocenters. The molecule has 3 aromatic carbocycles. The van der Waals surface area contributed by atoms with Crippen LogP contribution >= 0.6 is 0 Å². The fraction of sp³-hybridized carbons (Fsp3) is 0.130. The number of nitrogens with one attached hydrogen (secondary N) is 1. The van der Waals surface area contributed by atoms with E-state index in [1.807, 2.05) is 12.1 Å². The van der Waals surface area contributed by atoms with E-state index in [1.54, 1.807) is 7.11 Å². The number of fused-ring (bicyclic) bond motifs is 1. The van der Waals surface area contributed by atoms with Crippen LogP contribution in [0.2, 0.25) is 0 Å². The summed E-state index contributed by atoms with van der Waals surface area (Å²) in [5, 5.41) is 1.20. The van der Waals surface area contributed by atoms with Gasteiger partial charge in [-0.25, -0.2) is 0 Å². The van der Waals surface area contributed by atoms with Crippen molar-refractivity contribution in [3.05, 3.63) is 107 Å². The van der Waals surface area contributed by atoms with Gasteiger partial charge < -0.3 is 9.72 Å². The fourth-order valence-corrected chi connectivity index (χ4v) is 3.61. The third kappa shape index (κ3) is 2.55. The molecule has 0 atom stereocenters. The highest BCUT2D eigenvalue weighted by Gasteiger charge is 2.37. The zero-order chi connectivity index (χ0) is 17.3. The first-order chi connectivity index (χ1) is 12.2. The van der Waals surface area contributed by atoms with Gasteiger partial charge in [0.05, 0.1) is 5.69 Å². The second-order valence-corrected chi connectivity index (χ2v) is 6.39. The maximum Gasteiger partial charge on any atom is 0.157 e. The molecule has 0 saturated carbocycles. The molecule has 0 bridgehead atoms. The third-order valence-corrected chi connectivity index (χ3v) is 4.82. The zero-order valence-electron chi connectivity index (χ0n) is 14.5. The van der Waals surface area contributed by atoms with Crippen LogP contribution in [-0.2, 0) is 10.3 Å². The number of aromatic amines is 1. The monoisotopic (exact) mass is 327 g/mol. The zero-order valence-corrected chi connectivity index (χ0v) is 14.5. The van der Waals surface area contributed by atoms with Crippen molar-refractivity contribution in [3.8, 4) is 0 Å². The third-order valence-electron chi connectivity index (χ3n) is 4.82. The van der Waals surface area contributed by atoms with Crippen LogP contribution in [0.15, 0.2) is 84.9 Å². The molecule has 25 heavy (non-hydrogen) atoms. The summed E-state index contributed by atoms with van der Waals surface area (Å²) in [6.07, 6.45) is 0. The van der Waals surface area contributed by atoms with Gasteiger partial charge in [0, 0.05) is 18.0 Å². The van der Waals surface area contributed by atoms with Crippen LogP contribution < -0.4 is 0 Å². The van der Waals surface area contributed by atoms with Gasteiger partial charge in [0.2, 0.25) is 0 Å². The van der Waals surface area contributed by atoms with Crippen LogP contribution in [0.1, 0.15) is 22.4 Å². The molecule has 0 amide bonds. The molecule has 2 heteroatoms. The Morgan fingerprint density at radius 3 is 1.92 bits per heavy atom. The summed E-state index contributed by atoms with van der Waals surface area (Å²) >= 11 is 0. The lowest BCUT2D eigenvalue weighted by molar-refractivity contribution is 0.0554. The summed E-state index contributed by atoms with van der Waals surface area (Å²) in [5.74, 6) is 0. The molecular weight excluding hydrogens is 306 g/mol. The molecule has 1 N–H and O–H groups in total. The fourth-order valence-electron chi connectivity index (χ4n) is 3.61. The minimum absolute atomic E-state index is 0.671. The van der Waals surface area contributed by atoms with Gasteiger partial charge in [0.1, 0.15) is 0 Å². The Morgan fingerprint density at radius 2 is 1.36 bits per heavy atom. The molecule has 0 aliphatic heterocycles. The summed E-state index contributed by atoms with van der Waals surface area (Å²) < 4.78 is 6.22. The summed E-state index contributed by atoms with van der Waals surface area (Å²) in [6, 6.07) is 29.4. The average Bonchev–Trinajstić information content (AvgIpc) is 3.08. The number of hydrogen-bond donors (Lipinski definition) is 1. The second-order valence-electron chi connectivity index (χ2n) is 6.39. The standard InChI is InChI=1S/C23H21NO/c1-17-13-14-21-18(15-17)16-22(24-21)23(25-2,19-9-5-3-6-10-19)20-11-7-4-8-12-20/h3-16,24H,1-2H3. The topological polar surface area (TPSA) is 25.0 Å². The van der Waals surface area contributed by atoms with E-state index >= 15 is 0 Å². The lowest BCUT2D eigenvalue weighted by Gasteiger charge is -2.33. The first-order valence-corrected chi connectivity index (χ1v) is 8.50. The first kappa shape index (κ1) is 15.7. The largest absolute Gasteiger partial charge is 0.363 e. The maximum absolute atomic E-state index is 6.22. The number of benzene rings is 3. The predicted molar refractivity (Wildman–Crippen MR) is 103 cm³/mol. The lowest BCUT2D eigenvalue weighted by Crippen LogP contribution is -2.31. The quantitative estimate of drug-likeness (QED) is 0.532. The number of aromatic nitrogens is 1. The van der Waals surface area contributed by atoms with Crippen LogP contribution in [0.5, 0.6) is 0 Å². The molecule has 0 aliphatic carbocycles. The van der Waals surface area contributed by atoms with E-state index in [9.17, 15) is 0 Å². The van der Waals surface area contributed by atoms with Gasteiger partial charge in [0.25, 0.3) is 0 Å². The van der Waals surface area contributed by atoms with E-state index in [2.05, 4.69) is 84.7 Å². The molecule has 0 fully saturated rings. The molecule has 0 aliphatic rings. The van der Waals surface area contributed by atoms with Gasteiger partial charge in [-0.05, 0) is 36.2 Å². The van der Waals surface area contributed by atoms with Crippen molar-refractivity contribution in [2.75, 3.05) is 7.11 Å². The molecule has 1 heterocycles. The average molecular weight is 327 g/mol. The first-order valence-electron chi connectivity index (χ1n) is 8.50. The Hall–Kier alpha value is -2.84. The SMILES string of the molecule is COC(c1ccccc1)(c1ccccc1)c1cc2cc(C)ccc2[nH]1. The van der Waals surface area contributed by atoms with Crippen molar-refractivity contribution in [3.63, 3.8) is 0 Å². The Bertz CT molecular complexity index is 947. The smallest absolute Gasteiger partial charge is 0.157 e. The molecule has 0 radical (unpaired) electrons.